The van der Waals surface area contributed by atoms with Crippen molar-refractivity contribution in [1.82, 2.24) is 0 Å². The lowest BCUT2D eigenvalue weighted by atomic mass is 9.84. The zero-order valence-corrected chi connectivity index (χ0v) is 12.4. The average Bonchev–Trinajstić information content (AvgIpc) is 2.28. The highest BCUT2D eigenvalue weighted by molar-refractivity contribution is 9.10. The summed E-state index contributed by atoms with van der Waals surface area (Å²) in [5.41, 5.74) is 2.55. The number of nitrogens with one attached hydrogen (secondary N) is 1. The Kier molecular flexibility index (Phi) is 4.49. The number of anilines is 1. The van der Waals surface area contributed by atoms with Crippen LogP contribution in [0.15, 0.2) is 22.7 Å². The second-order valence-corrected chi connectivity index (χ2v) is 6.26. The third-order valence-electron chi connectivity index (χ3n) is 3.79. The van der Waals surface area contributed by atoms with E-state index in [-0.39, 0.29) is 0 Å². The molecule has 1 aromatic rings. The molecule has 0 bridgehead atoms. The van der Waals surface area contributed by atoms with Crippen LogP contribution in [0.25, 0.3) is 0 Å². The largest absolute Gasteiger partial charge is 0.382 e. The molecule has 2 rings (SSSR count). The summed E-state index contributed by atoms with van der Waals surface area (Å²) < 4.78 is 1.16. The molecule has 1 aromatic carbocycles. The molecule has 2 heteroatoms. The SMILES string of the molecule is Cc1cc(Br)cc(NC(C)C2CCCCC2)c1. The summed E-state index contributed by atoms with van der Waals surface area (Å²) in [6.07, 6.45) is 7.03. The van der Waals surface area contributed by atoms with E-state index in [1.54, 1.807) is 0 Å². The second kappa shape index (κ2) is 5.90. The van der Waals surface area contributed by atoms with Gasteiger partial charge in [0.2, 0.25) is 0 Å². The second-order valence-electron chi connectivity index (χ2n) is 5.35. The van der Waals surface area contributed by atoms with Crippen LogP contribution in [-0.2, 0) is 0 Å². The minimum absolute atomic E-state index is 0.587. The van der Waals surface area contributed by atoms with Gasteiger partial charge in [-0.05, 0) is 56.4 Å². The van der Waals surface area contributed by atoms with Crippen molar-refractivity contribution in [2.75, 3.05) is 5.32 Å². The van der Waals surface area contributed by atoms with Crippen LogP contribution < -0.4 is 5.32 Å². The van der Waals surface area contributed by atoms with E-state index in [1.807, 2.05) is 0 Å². The van der Waals surface area contributed by atoms with Gasteiger partial charge >= 0.3 is 0 Å². The van der Waals surface area contributed by atoms with E-state index in [9.17, 15) is 0 Å². The maximum atomic E-state index is 3.66. The van der Waals surface area contributed by atoms with Crippen LogP contribution >= 0.6 is 15.9 Å². The van der Waals surface area contributed by atoms with Crippen molar-refractivity contribution in [2.45, 2.75) is 52.0 Å². The molecule has 1 fully saturated rings. The predicted molar refractivity (Wildman–Crippen MR) is 78.5 cm³/mol. The highest BCUT2D eigenvalue weighted by Gasteiger charge is 2.19. The van der Waals surface area contributed by atoms with Gasteiger partial charge in [-0.15, -0.1) is 0 Å². The molecule has 1 nitrogen and oxygen atoms in total. The highest BCUT2D eigenvalue weighted by Crippen LogP contribution is 2.28. The standard InChI is InChI=1S/C15H22BrN/c1-11-8-14(16)10-15(9-11)17-12(2)13-6-4-3-5-7-13/h8-10,12-13,17H,3-7H2,1-2H3. The van der Waals surface area contributed by atoms with E-state index in [0.717, 1.165) is 10.4 Å². The third kappa shape index (κ3) is 3.74. The Labute approximate surface area is 113 Å². The minimum atomic E-state index is 0.587. The summed E-state index contributed by atoms with van der Waals surface area (Å²) >= 11 is 3.56. The zero-order chi connectivity index (χ0) is 12.3. The molecule has 1 aliphatic rings. The Bertz CT molecular complexity index is 349. The fraction of sp³-hybridized carbons (Fsp3) is 0.600. The highest BCUT2D eigenvalue weighted by atomic mass is 79.9. The van der Waals surface area contributed by atoms with Crippen LogP contribution in [-0.4, -0.2) is 6.04 Å². The van der Waals surface area contributed by atoms with Gasteiger partial charge in [0, 0.05) is 16.2 Å². The molecular weight excluding hydrogens is 274 g/mol. The average molecular weight is 296 g/mol. The quantitative estimate of drug-likeness (QED) is 0.814. The first kappa shape index (κ1) is 12.9. The number of halogens is 1. The molecule has 0 aromatic heterocycles. The van der Waals surface area contributed by atoms with Crippen molar-refractivity contribution < 1.29 is 0 Å². The molecular formula is C15H22BrN. The van der Waals surface area contributed by atoms with Crippen LogP contribution in [0.3, 0.4) is 0 Å². The molecule has 0 amide bonds. The Morgan fingerprint density at radius 3 is 2.53 bits per heavy atom. The molecule has 0 radical (unpaired) electrons. The van der Waals surface area contributed by atoms with Crippen molar-refractivity contribution >= 4 is 21.6 Å². The van der Waals surface area contributed by atoms with Gasteiger partial charge in [-0.25, -0.2) is 0 Å². The van der Waals surface area contributed by atoms with Crippen molar-refractivity contribution in [3.63, 3.8) is 0 Å². The van der Waals surface area contributed by atoms with Gasteiger partial charge in [-0.2, -0.15) is 0 Å². The van der Waals surface area contributed by atoms with Gasteiger partial charge in [0.05, 0.1) is 0 Å². The van der Waals surface area contributed by atoms with Crippen molar-refractivity contribution in [3.05, 3.63) is 28.2 Å². The fourth-order valence-corrected chi connectivity index (χ4v) is 3.44. The number of benzene rings is 1. The van der Waals surface area contributed by atoms with Crippen LogP contribution in [0.5, 0.6) is 0 Å². The zero-order valence-electron chi connectivity index (χ0n) is 10.8. The molecule has 1 atom stereocenters. The maximum absolute atomic E-state index is 3.66. The molecule has 1 unspecified atom stereocenters. The lowest BCUT2D eigenvalue weighted by molar-refractivity contribution is 0.328. The molecule has 1 aliphatic carbocycles. The van der Waals surface area contributed by atoms with Crippen LogP contribution in [0.4, 0.5) is 5.69 Å². The number of hydrogen-bond donors (Lipinski definition) is 1. The van der Waals surface area contributed by atoms with E-state index in [0.29, 0.717) is 6.04 Å². The summed E-state index contributed by atoms with van der Waals surface area (Å²) in [5.74, 6) is 0.850. The van der Waals surface area contributed by atoms with E-state index in [4.69, 9.17) is 0 Å². The molecule has 1 N–H and O–H groups in total. The van der Waals surface area contributed by atoms with Crippen molar-refractivity contribution in [1.29, 1.82) is 0 Å². The lowest BCUT2D eigenvalue weighted by Gasteiger charge is -2.29. The molecule has 0 saturated heterocycles. The Hall–Kier alpha value is -0.500. The minimum Gasteiger partial charge on any atom is -0.382 e. The summed E-state index contributed by atoms with van der Waals surface area (Å²) in [5, 5.41) is 3.66. The third-order valence-corrected chi connectivity index (χ3v) is 4.25. The van der Waals surface area contributed by atoms with Crippen molar-refractivity contribution in [2.24, 2.45) is 5.92 Å². The van der Waals surface area contributed by atoms with Gasteiger partial charge < -0.3 is 5.32 Å². The molecule has 17 heavy (non-hydrogen) atoms. The Morgan fingerprint density at radius 2 is 1.88 bits per heavy atom. The topological polar surface area (TPSA) is 12.0 Å². The Morgan fingerprint density at radius 1 is 1.18 bits per heavy atom. The van der Waals surface area contributed by atoms with E-state index in [1.165, 1.54) is 43.4 Å². The summed E-state index contributed by atoms with van der Waals surface area (Å²) in [4.78, 5) is 0. The van der Waals surface area contributed by atoms with Gasteiger partial charge in [-0.3, -0.25) is 0 Å². The van der Waals surface area contributed by atoms with Crippen molar-refractivity contribution in [3.8, 4) is 0 Å². The summed E-state index contributed by atoms with van der Waals surface area (Å²) in [6.45, 7) is 4.47. The first-order valence-electron chi connectivity index (χ1n) is 6.69. The van der Waals surface area contributed by atoms with Gasteiger partial charge in [0.25, 0.3) is 0 Å². The number of rotatable bonds is 3. The monoisotopic (exact) mass is 295 g/mol. The first-order chi connectivity index (χ1) is 8.15. The molecule has 1 saturated carbocycles. The predicted octanol–water partition coefficient (Wildman–Crippen LogP) is 5.14. The number of hydrogen-bond acceptors (Lipinski definition) is 1. The normalized spacial score (nSPS) is 19.0. The molecule has 0 spiro atoms. The van der Waals surface area contributed by atoms with Crippen LogP contribution in [0, 0.1) is 12.8 Å². The van der Waals surface area contributed by atoms with Crippen LogP contribution in [0.2, 0.25) is 0 Å². The van der Waals surface area contributed by atoms with E-state index >= 15 is 0 Å². The smallest absolute Gasteiger partial charge is 0.0356 e. The summed E-state index contributed by atoms with van der Waals surface area (Å²) in [7, 11) is 0. The molecule has 0 heterocycles. The maximum Gasteiger partial charge on any atom is 0.0356 e. The van der Waals surface area contributed by atoms with Crippen LogP contribution in [0.1, 0.15) is 44.6 Å². The fourth-order valence-electron chi connectivity index (χ4n) is 2.83. The summed E-state index contributed by atoms with van der Waals surface area (Å²) in [6, 6.07) is 7.14. The van der Waals surface area contributed by atoms with Gasteiger partial charge in [0.15, 0.2) is 0 Å². The first-order valence-corrected chi connectivity index (χ1v) is 7.48. The Balaban J connectivity index is 1.99. The number of aryl methyl sites for hydroxylation is 1. The van der Waals surface area contributed by atoms with Gasteiger partial charge in [-0.1, -0.05) is 35.2 Å². The van der Waals surface area contributed by atoms with Gasteiger partial charge in [0.1, 0.15) is 0 Å². The molecule has 94 valence electrons. The lowest BCUT2D eigenvalue weighted by Crippen LogP contribution is -2.27. The van der Waals surface area contributed by atoms with E-state index < -0.39 is 0 Å². The van der Waals surface area contributed by atoms with E-state index in [2.05, 4.69) is 53.3 Å². The molecule has 0 aliphatic heterocycles.